The van der Waals surface area contributed by atoms with Crippen molar-refractivity contribution in [1.29, 1.82) is 0 Å². The molecule has 0 bridgehead atoms. The molecule has 2 fully saturated rings. The number of anilines is 3. The molecule has 1 aromatic rings. The molecule has 10 heteroatoms. The number of primary amides is 1. The SMILES string of the molecule is CNc1cc(N2CCC(F)(F)C2)c(C(N)=O)cc1N.FC(F)(F)C1CCCCC1. The molecule has 0 aromatic heterocycles. The summed E-state index contributed by atoms with van der Waals surface area (Å²) < 4.78 is 62.4. The summed E-state index contributed by atoms with van der Waals surface area (Å²) in [5.74, 6) is -4.42. The third kappa shape index (κ3) is 6.11. The lowest BCUT2D eigenvalue weighted by atomic mass is 9.89. The van der Waals surface area contributed by atoms with Crippen LogP contribution in [0.1, 0.15) is 48.9 Å². The maximum absolute atomic E-state index is 13.3. The summed E-state index contributed by atoms with van der Waals surface area (Å²) in [5.41, 5.74) is 12.5. The number of hydrogen-bond acceptors (Lipinski definition) is 4. The van der Waals surface area contributed by atoms with E-state index in [0.29, 0.717) is 29.9 Å². The van der Waals surface area contributed by atoms with Gasteiger partial charge in [0, 0.05) is 20.0 Å². The van der Waals surface area contributed by atoms with Crippen molar-refractivity contribution in [2.45, 2.75) is 50.6 Å². The highest BCUT2D eigenvalue weighted by Gasteiger charge is 2.40. The molecule has 1 heterocycles. The fraction of sp³-hybridized carbons (Fsp3) is 0.632. The van der Waals surface area contributed by atoms with Crippen LogP contribution in [0.2, 0.25) is 0 Å². The lowest BCUT2D eigenvalue weighted by molar-refractivity contribution is -0.181. The molecule has 5 N–H and O–H groups in total. The number of carbonyl (C=O) groups excluding carboxylic acids is 1. The van der Waals surface area contributed by atoms with Crippen molar-refractivity contribution in [3.63, 3.8) is 0 Å². The number of nitrogens with zero attached hydrogens (tertiary/aromatic N) is 1. The Labute approximate surface area is 166 Å². The van der Waals surface area contributed by atoms with E-state index in [0.717, 1.165) is 19.3 Å². The van der Waals surface area contributed by atoms with Crippen LogP contribution in [0.3, 0.4) is 0 Å². The lowest BCUT2D eigenvalue weighted by Gasteiger charge is -2.23. The van der Waals surface area contributed by atoms with Crippen molar-refractivity contribution in [1.82, 2.24) is 0 Å². The second-order valence-corrected chi connectivity index (χ2v) is 7.47. The highest BCUT2D eigenvalue weighted by Crippen LogP contribution is 2.37. The summed E-state index contributed by atoms with van der Waals surface area (Å²) in [4.78, 5) is 12.9. The molecule has 1 aliphatic carbocycles. The van der Waals surface area contributed by atoms with Crippen LogP contribution in [0, 0.1) is 5.92 Å². The van der Waals surface area contributed by atoms with Crippen LogP contribution >= 0.6 is 0 Å². The number of carbonyl (C=O) groups is 1. The van der Waals surface area contributed by atoms with Gasteiger partial charge in [-0.05, 0) is 25.0 Å². The zero-order valence-electron chi connectivity index (χ0n) is 16.3. The average Bonchev–Trinajstić information content (AvgIpc) is 3.01. The number of nitrogens with one attached hydrogen (secondary N) is 1. The van der Waals surface area contributed by atoms with Crippen LogP contribution in [0.5, 0.6) is 0 Å². The van der Waals surface area contributed by atoms with Crippen LogP contribution in [0.4, 0.5) is 39.0 Å². The fourth-order valence-corrected chi connectivity index (χ4v) is 3.65. The minimum absolute atomic E-state index is 0.161. The first kappa shape index (κ1) is 23.0. The van der Waals surface area contributed by atoms with Gasteiger partial charge in [-0.3, -0.25) is 4.79 Å². The molecule has 1 aliphatic heterocycles. The molecule has 1 aromatic carbocycles. The van der Waals surface area contributed by atoms with E-state index in [1.54, 1.807) is 13.1 Å². The highest BCUT2D eigenvalue weighted by molar-refractivity contribution is 6.01. The zero-order valence-corrected chi connectivity index (χ0v) is 16.3. The molecule has 0 atom stereocenters. The Kier molecular flexibility index (Phi) is 7.18. The molecule has 1 amide bonds. The van der Waals surface area contributed by atoms with Crippen molar-refractivity contribution >= 4 is 23.0 Å². The predicted molar refractivity (Wildman–Crippen MR) is 103 cm³/mol. The van der Waals surface area contributed by atoms with E-state index in [4.69, 9.17) is 11.5 Å². The Morgan fingerprint density at radius 1 is 1.21 bits per heavy atom. The second kappa shape index (κ2) is 9.04. The van der Waals surface area contributed by atoms with Gasteiger partial charge in [-0.15, -0.1) is 0 Å². The first-order chi connectivity index (χ1) is 13.4. The Morgan fingerprint density at radius 2 is 1.83 bits per heavy atom. The van der Waals surface area contributed by atoms with E-state index in [-0.39, 0.29) is 18.5 Å². The van der Waals surface area contributed by atoms with Crippen LogP contribution in [0.25, 0.3) is 0 Å². The molecule has 1 saturated carbocycles. The van der Waals surface area contributed by atoms with Gasteiger partial charge in [-0.25, -0.2) is 8.78 Å². The van der Waals surface area contributed by atoms with Crippen molar-refractivity contribution in [2.24, 2.45) is 11.7 Å². The van der Waals surface area contributed by atoms with E-state index >= 15 is 0 Å². The first-order valence-electron chi connectivity index (χ1n) is 9.55. The Hall–Kier alpha value is -2.26. The summed E-state index contributed by atoms with van der Waals surface area (Å²) in [7, 11) is 1.66. The molecule has 0 radical (unpaired) electrons. The molecular formula is C19H27F5N4O. The maximum atomic E-state index is 13.3. The van der Waals surface area contributed by atoms with Gasteiger partial charge >= 0.3 is 6.18 Å². The normalized spacial score (nSPS) is 19.4. The Morgan fingerprint density at radius 3 is 2.24 bits per heavy atom. The van der Waals surface area contributed by atoms with E-state index in [9.17, 15) is 26.7 Å². The van der Waals surface area contributed by atoms with Gasteiger partial charge in [0.1, 0.15) is 0 Å². The Bertz CT molecular complexity index is 717. The smallest absolute Gasteiger partial charge is 0.391 e. The van der Waals surface area contributed by atoms with Crippen molar-refractivity contribution in [2.75, 3.05) is 36.1 Å². The Balaban J connectivity index is 0.000000253. The molecule has 3 rings (SSSR count). The predicted octanol–water partition coefficient (Wildman–Crippen LogP) is 4.38. The molecule has 2 aliphatic rings. The summed E-state index contributed by atoms with van der Waals surface area (Å²) in [5, 5.41) is 2.85. The number of alkyl halides is 5. The standard InChI is InChI=1S/C12H16F2N4O.C7H11F3/c1-17-9-5-10(7(11(16)19)4-8(9)15)18-3-2-12(13,14)6-18;8-7(9,10)6-4-2-1-3-5-6/h4-5,17H,2-3,6,15H2,1H3,(H2,16,19);6H,1-5H2. The van der Waals surface area contributed by atoms with E-state index in [1.807, 2.05) is 0 Å². The molecule has 164 valence electrons. The molecule has 0 unspecified atom stereocenters. The quantitative estimate of drug-likeness (QED) is 0.499. The minimum Gasteiger partial charge on any atom is -0.397 e. The first-order valence-corrected chi connectivity index (χ1v) is 9.55. The largest absolute Gasteiger partial charge is 0.397 e. The highest BCUT2D eigenvalue weighted by atomic mass is 19.4. The molecular weight excluding hydrogens is 395 g/mol. The maximum Gasteiger partial charge on any atom is 0.391 e. The molecule has 29 heavy (non-hydrogen) atoms. The van der Waals surface area contributed by atoms with Crippen molar-refractivity contribution in [3.8, 4) is 0 Å². The molecule has 1 saturated heterocycles. The van der Waals surface area contributed by atoms with Gasteiger partial charge in [-0.2, -0.15) is 13.2 Å². The second-order valence-electron chi connectivity index (χ2n) is 7.47. The summed E-state index contributed by atoms with van der Waals surface area (Å²) >= 11 is 0. The van der Waals surface area contributed by atoms with Gasteiger partial charge in [-0.1, -0.05) is 19.3 Å². The van der Waals surface area contributed by atoms with E-state index < -0.39 is 30.5 Å². The van der Waals surface area contributed by atoms with Crippen LogP contribution in [-0.2, 0) is 0 Å². The summed E-state index contributed by atoms with van der Waals surface area (Å²) in [6.07, 6.45) is -0.973. The topological polar surface area (TPSA) is 84.4 Å². The lowest BCUT2D eigenvalue weighted by Crippen LogP contribution is -2.27. The zero-order chi connectivity index (χ0) is 21.8. The molecule has 0 spiro atoms. The number of halogens is 5. The number of hydrogen-bond donors (Lipinski definition) is 3. The van der Waals surface area contributed by atoms with Crippen LogP contribution in [0.15, 0.2) is 12.1 Å². The van der Waals surface area contributed by atoms with E-state index in [2.05, 4.69) is 5.32 Å². The van der Waals surface area contributed by atoms with Gasteiger partial charge in [0.2, 0.25) is 0 Å². The number of nitrogens with two attached hydrogens (primary N) is 2. The third-order valence-electron chi connectivity index (χ3n) is 5.28. The third-order valence-corrected chi connectivity index (χ3v) is 5.28. The minimum atomic E-state index is -3.93. The average molecular weight is 422 g/mol. The van der Waals surface area contributed by atoms with Crippen molar-refractivity contribution in [3.05, 3.63) is 17.7 Å². The fourth-order valence-electron chi connectivity index (χ4n) is 3.65. The number of nitrogen functional groups attached to an aromatic ring is 1. The van der Waals surface area contributed by atoms with Crippen LogP contribution in [-0.4, -0.2) is 38.1 Å². The number of rotatable bonds is 3. The van der Waals surface area contributed by atoms with E-state index in [1.165, 1.54) is 11.0 Å². The van der Waals surface area contributed by atoms with Gasteiger partial charge in [0.15, 0.2) is 0 Å². The van der Waals surface area contributed by atoms with Crippen molar-refractivity contribution < 1.29 is 26.7 Å². The summed E-state index contributed by atoms with van der Waals surface area (Å²) in [6.45, 7) is -0.235. The van der Waals surface area contributed by atoms with Gasteiger partial charge < -0.3 is 21.7 Å². The summed E-state index contributed by atoms with van der Waals surface area (Å²) in [6, 6.07) is 3.00. The van der Waals surface area contributed by atoms with Gasteiger partial charge in [0.05, 0.1) is 35.1 Å². The monoisotopic (exact) mass is 422 g/mol. The number of amides is 1. The number of benzene rings is 1. The van der Waals surface area contributed by atoms with Crippen LogP contribution < -0.4 is 21.7 Å². The molecule has 5 nitrogen and oxygen atoms in total. The van der Waals surface area contributed by atoms with Gasteiger partial charge in [0.25, 0.3) is 11.8 Å².